The molecule has 0 aliphatic heterocycles. The van der Waals surface area contributed by atoms with Crippen LogP contribution in [0.5, 0.6) is 0 Å². The minimum atomic E-state index is -3.17. The number of hydrogen-bond donors (Lipinski definition) is 1. The molecule has 1 aromatic heterocycles. The van der Waals surface area contributed by atoms with Crippen LogP contribution in [-0.4, -0.2) is 14.7 Å². The Morgan fingerprint density at radius 2 is 2.06 bits per heavy atom. The third kappa shape index (κ3) is 3.19. The number of benzene rings is 1. The summed E-state index contributed by atoms with van der Waals surface area (Å²) >= 11 is 1.66. The van der Waals surface area contributed by atoms with Crippen molar-refractivity contribution in [2.75, 3.05) is 6.26 Å². The molecule has 0 saturated heterocycles. The van der Waals surface area contributed by atoms with E-state index in [2.05, 4.69) is 0 Å². The first-order valence-corrected chi connectivity index (χ1v) is 8.32. The van der Waals surface area contributed by atoms with Gasteiger partial charge in [0, 0.05) is 23.6 Å². The van der Waals surface area contributed by atoms with Crippen molar-refractivity contribution in [3.63, 3.8) is 0 Å². The van der Waals surface area contributed by atoms with Gasteiger partial charge in [-0.1, -0.05) is 18.2 Å². The molecule has 2 aromatic rings. The normalized spacial score (nSPS) is 13.4. The Labute approximate surface area is 111 Å². The van der Waals surface area contributed by atoms with Crippen LogP contribution in [0.3, 0.4) is 0 Å². The van der Waals surface area contributed by atoms with Gasteiger partial charge in [0.25, 0.3) is 0 Å². The van der Waals surface area contributed by atoms with Crippen LogP contribution < -0.4 is 5.73 Å². The average molecular weight is 281 g/mol. The lowest BCUT2D eigenvalue weighted by Crippen LogP contribution is -2.13. The Morgan fingerprint density at radius 3 is 2.67 bits per heavy atom. The van der Waals surface area contributed by atoms with Gasteiger partial charge < -0.3 is 5.73 Å². The molecule has 2 rings (SSSR count). The van der Waals surface area contributed by atoms with E-state index in [0.717, 1.165) is 12.0 Å². The van der Waals surface area contributed by atoms with Crippen molar-refractivity contribution in [3.8, 4) is 0 Å². The maximum Gasteiger partial charge on any atom is 0.175 e. The highest BCUT2D eigenvalue weighted by atomic mass is 32.2. The zero-order valence-electron chi connectivity index (χ0n) is 10.0. The van der Waals surface area contributed by atoms with Crippen molar-refractivity contribution in [3.05, 3.63) is 52.2 Å². The highest BCUT2D eigenvalue weighted by molar-refractivity contribution is 7.90. The molecule has 3 nitrogen and oxygen atoms in total. The molecular weight excluding hydrogens is 266 g/mol. The van der Waals surface area contributed by atoms with Gasteiger partial charge in [0.1, 0.15) is 0 Å². The largest absolute Gasteiger partial charge is 0.324 e. The lowest BCUT2D eigenvalue weighted by molar-refractivity contribution is 0.601. The van der Waals surface area contributed by atoms with E-state index in [-0.39, 0.29) is 6.04 Å². The Morgan fingerprint density at radius 1 is 1.28 bits per heavy atom. The molecule has 18 heavy (non-hydrogen) atoms. The zero-order valence-corrected chi connectivity index (χ0v) is 11.7. The summed E-state index contributed by atoms with van der Waals surface area (Å²) < 4.78 is 23.0. The Hall–Kier alpha value is -1.17. The second kappa shape index (κ2) is 5.22. The van der Waals surface area contributed by atoms with Gasteiger partial charge in [0.15, 0.2) is 9.84 Å². The Balaban J connectivity index is 2.23. The van der Waals surface area contributed by atoms with Gasteiger partial charge in [-0.15, -0.1) is 11.3 Å². The first-order chi connectivity index (χ1) is 8.47. The molecule has 0 amide bonds. The van der Waals surface area contributed by atoms with E-state index < -0.39 is 9.84 Å². The van der Waals surface area contributed by atoms with Gasteiger partial charge in [0.05, 0.1) is 4.90 Å². The van der Waals surface area contributed by atoms with Crippen LogP contribution in [0.1, 0.15) is 16.5 Å². The Kier molecular flexibility index (Phi) is 3.85. The van der Waals surface area contributed by atoms with Gasteiger partial charge in [-0.3, -0.25) is 0 Å². The zero-order chi connectivity index (χ0) is 13.2. The average Bonchev–Trinajstić information content (AvgIpc) is 2.81. The highest BCUT2D eigenvalue weighted by Gasteiger charge is 2.12. The van der Waals surface area contributed by atoms with E-state index >= 15 is 0 Å². The summed E-state index contributed by atoms with van der Waals surface area (Å²) in [4.78, 5) is 1.52. The molecule has 1 atom stereocenters. The van der Waals surface area contributed by atoms with E-state index in [9.17, 15) is 8.42 Å². The number of sulfone groups is 1. The predicted molar refractivity (Wildman–Crippen MR) is 74.5 cm³/mol. The SMILES string of the molecule is CS(=O)(=O)c1cccc(C(N)Cc2cccs2)c1. The number of hydrogen-bond acceptors (Lipinski definition) is 4. The maximum absolute atomic E-state index is 11.5. The minimum Gasteiger partial charge on any atom is -0.324 e. The van der Waals surface area contributed by atoms with Crippen molar-refractivity contribution in [1.29, 1.82) is 0 Å². The third-order valence-corrected chi connectivity index (χ3v) is 4.72. The third-order valence-electron chi connectivity index (χ3n) is 2.72. The molecule has 5 heteroatoms. The van der Waals surface area contributed by atoms with Gasteiger partial charge in [0.2, 0.25) is 0 Å². The van der Waals surface area contributed by atoms with Crippen LogP contribution in [0.2, 0.25) is 0 Å². The summed E-state index contributed by atoms with van der Waals surface area (Å²) in [6.07, 6.45) is 1.93. The molecule has 1 aromatic carbocycles. The molecule has 96 valence electrons. The number of thiophene rings is 1. The lowest BCUT2D eigenvalue weighted by atomic mass is 10.0. The molecule has 0 saturated carbocycles. The lowest BCUT2D eigenvalue weighted by Gasteiger charge is -2.11. The maximum atomic E-state index is 11.5. The van der Waals surface area contributed by atoms with E-state index in [4.69, 9.17) is 5.73 Å². The fourth-order valence-electron chi connectivity index (χ4n) is 1.74. The highest BCUT2D eigenvalue weighted by Crippen LogP contribution is 2.21. The van der Waals surface area contributed by atoms with Crippen molar-refractivity contribution in [1.82, 2.24) is 0 Å². The minimum absolute atomic E-state index is 0.176. The smallest absolute Gasteiger partial charge is 0.175 e. The van der Waals surface area contributed by atoms with E-state index in [1.165, 1.54) is 11.1 Å². The van der Waals surface area contributed by atoms with Gasteiger partial charge >= 0.3 is 0 Å². The van der Waals surface area contributed by atoms with E-state index in [1.807, 2.05) is 23.6 Å². The van der Waals surface area contributed by atoms with Crippen LogP contribution in [0.25, 0.3) is 0 Å². The van der Waals surface area contributed by atoms with Crippen molar-refractivity contribution in [2.45, 2.75) is 17.4 Å². The molecule has 1 unspecified atom stereocenters. The van der Waals surface area contributed by atoms with Crippen LogP contribution >= 0.6 is 11.3 Å². The van der Waals surface area contributed by atoms with Crippen LogP contribution in [0.15, 0.2) is 46.7 Å². The molecule has 0 fully saturated rings. The van der Waals surface area contributed by atoms with Crippen molar-refractivity contribution in [2.24, 2.45) is 5.73 Å². The standard InChI is InChI=1S/C13H15NO2S2/c1-18(15,16)12-6-2-4-10(8-12)13(14)9-11-5-3-7-17-11/h2-8,13H,9,14H2,1H3. The fourth-order valence-corrected chi connectivity index (χ4v) is 3.18. The molecule has 0 aliphatic rings. The predicted octanol–water partition coefficient (Wildman–Crippen LogP) is 2.39. The quantitative estimate of drug-likeness (QED) is 0.936. The van der Waals surface area contributed by atoms with Gasteiger partial charge in [-0.25, -0.2) is 8.42 Å². The first-order valence-electron chi connectivity index (χ1n) is 5.55. The monoisotopic (exact) mass is 281 g/mol. The summed E-state index contributed by atoms with van der Waals surface area (Å²) in [6.45, 7) is 0. The molecule has 0 bridgehead atoms. The Bertz CT molecular complexity index is 618. The molecule has 2 N–H and O–H groups in total. The summed E-state index contributed by atoms with van der Waals surface area (Å²) in [7, 11) is -3.17. The second-order valence-electron chi connectivity index (χ2n) is 4.23. The van der Waals surface area contributed by atoms with E-state index in [1.54, 1.807) is 29.5 Å². The summed E-state index contributed by atoms with van der Waals surface area (Å²) in [6, 6.07) is 10.7. The first kappa shape index (κ1) is 13.3. The summed E-state index contributed by atoms with van der Waals surface area (Å²) in [5.74, 6) is 0. The van der Waals surface area contributed by atoms with E-state index in [0.29, 0.717) is 4.90 Å². The summed E-state index contributed by atoms with van der Waals surface area (Å²) in [5.41, 5.74) is 6.96. The molecule has 0 spiro atoms. The molecule has 1 heterocycles. The molecule has 0 radical (unpaired) electrons. The fraction of sp³-hybridized carbons (Fsp3) is 0.231. The summed E-state index contributed by atoms with van der Waals surface area (Å²) in [5, 5.41) is 2.01. The topological polar surface area (TPSA) is 60.2 Å². The second-order valence-corrected chi connectivity index (χ2v) is 7.28. The number of rotatable bonds is 4. The van der Waals surface area contributed by atoms with Crippen LogP contribution in [0.4, 0.5) is 0 Å². The molecular formula is C13H15NO2S2. The van der Waals surface area contributed by atoms with Gasteiger partial charge in [-0.05, 0) is 29.1 Å². The van der Waals surface area contributed by atoms with Gasteiger partial charge in [-0.2, -0.15) is 0 Å². The van der Waals surface area contributed by atoms with Crippen LogP contribution in [-0.2, 0) is 16.3 Å². The van der Waals surface area contributed by atoms with Crippen LogP contribution in [0, 0.1) is 0 Å². The van der Waals surface area contributed by atoms with Crippen molar-refractivity contribution < 1.29 is 8.42 Å². The van der Waals surface area contributed by atoms with Crippen molar-refractivity contribution >= 4 is 21.2 Å². The number of nitrogens with two attached hydrogens (primary N) is 1. The molecule has 0 aliphatic carbocycles.